The molecular weight excluding hydrogens is 715 g/mol. The van der Waals surface area contributed by atoms with Crippen molar-refractivity contribution in [1.29, 1.82) is 0 Å². The number of rotatable bonds is 43. The zero-order valence-corrected chi connectivity index (χ0v) is 38.2. The minimum Gasteiger partial charge on any atom is -0.481 e. The van der Waals surface area contributed by atoms with E-state index >= 15 is 0 Å². The summed E-state index contributed by atoms with van der Waals surface area (Å²) in [6.45, 7) is 12.8. The van der Waals surface area contributed by atoms with Crippen molar-refractivity contribution in [2.45, 2.75) is 252 Å². The van der Waals surface area contributed by atoms with Crippen LogP contribution in [0.3, 0.4) is 0 Å². The largest absolute Gasteiger partial charge is 0.481 e. The Morgan fingerprint density at radius 3 is 1.04 bits per heavy atom. The van der Waals surface area contributed by atoms with Gasteiger partial charge in [-0.05, 0) is 57.8 Å². The van der Waals surface area contributed by atoms with Crippen molar-refractivity contribution in [3.63, 3.8) is 0 Å². The standard InChI is InChI=1S/C49H95NO7/c1-5-9-13-17-19-25-34-48(46(52)53,32-23-15-11-7-3)36-27-21-29-40-56-44-42-50(38-31-39-51)43-45(44)57-41-30-22-28-37-49(47(54)55,33-24-16-12-8-4)35-26-20-18-14-10-6-2/h44-45,51H,5-43H2,1-4H3,(H,52,53)(H,54,55)/t44-,45+,48?,49?. The molecule has 57 heavy (non-hydrogen) atoms. The highest BCUT2D eigenvalue weighted by atomic mass is 16.5. The monoisotopic (exact) mass is 810 g/mol. The molecule has 0 aromatic heterocycles. The highest BCUT2D eigenvalue weighted by Crippen LogP contribution is 2.39. The van der Waals surface area contributed by atoms with E-state index < -0.39 is 22.8 Å². The van der Waals surface area contributed by atoms with Gasteiger partial charge in [0, 0.05) is 39.5 Å². The second-order valence-electron chi connectivity index (χ2n) is 18.1. The van der Waals surface area contributed by atoms with Crippen LogP contribution >= 0.6 is 0 Å². The van der Waals surface area contributed by atoms with Crippen LogP contribution in [-0.4, -0.2) is 83.8 Å². The summed E-state index contributed by atoms with van der Waals surface area (Å²) in [6.07, 6.45) is 34.3. The number of ether oxygens (including phenoxy) is 2. The lowest BCUT2D eigenvalue weighted by molar-refractivity contribution is -0.151. The lowest BCUT2D eigenvalue weighted by Gasteiger charge is -2.30. The van der Waals surface area contributed by atoms with Crippen molar-refractivity contribution < 1.29 is 34.4 Å². The number of hydrogen-bond acceptors (Lipinski definition) is 6. The van der Waals surface area contributed by atoms with Gasteiger partial charge in [-0.1, -0.05) is 182 Å². The fourth-order valence-corrected chi connectivity index (χ4v) is 9.23. The first-order valence-corrected chi connectivity index (χ1v) is 24.8. The molecule has 1 fully saturated rings. The van der Waals surface area contributed by atoms with Crippen LogP contribution in [0.15, 0.2) is 0 Å². The van der Waals surface area contributed by atoms with Crippen LogP contribution in [0.5, 0.6) is 0 Å². The highest BCUT2D eigenvalue weighted by Gasteiger charge is 2.38. The molecule has 0 bridgehead atoms. The molecule has 0 amide bonds. The molecule has 1 heterocycles. The molecule has 0 saturated carbocycles. The van der Waals surface area contributed by atoms with Crippen LogP contribution in [0.4, 0.5) is 0 Å². The smallest absolute Gasteiger partial charge is 0.309 e. The number of aliphatic hydroxyl groups is 1. The van der Waals surface area contributed by atoms with E-state index in [0.29, 0.717) is 13.2 Å². The Bertz CT molecular complexity index is 879. The van der Waals surface area contributed by atoms with Gasteiger partial charge in [0.2, 0.25) is 0 Å². The maximum Gasteiger partial charge on any atom is 0.309 e. The number of hydrogen-bond donors (Lipinski definition) is 3. The van der Waals surface area contributed by atoms with Gasteiger partial charge in [0.25, 0.3) is 0 Å². The van der Waals surface area contributed by atoms with Crippen molar-refractivity contribution >= 4 is 11.9 Å². The van der Waals surface area contributed by atoms with Gasteiger partial charge in [0.1, 0.15) is 0 Å². The van der Waals surface area contributed by atoms with E-state index in [1.165, 1.54) is 64.2 Å². The summed E-state index contributed by atoms with van der Waals surface area (Å²) in [5, 5.41) is 30.4. The maximum absolute atomic E-state index is 12.8. The van der Waals surface area contributed by atoms with Crippen LogP contribution in [0.2, 0.25) is 0 Å². The van der Waals surface area contributed by atoms with Crippen LogP contribution in [-0.2, 0) is 19.1 Å². The molecule has 2 unspecified atom stereocenters. The molecule has 0 aromatic rings. The van der Waals surface area contributed by atoms with E-state index in [2.05, 4.69) is 32.6 Å². The Morgan fingerprint density at radius 1 is 0.456 bits per heavy atom. The van der Waals surface area contributed by atoms with Gasteiger partial charge in [0.05, 0.1) is 23.0 Å². The van der Waals surface area contributed by atoms with Gasteiger partial charge in [0.15, 0.2) is 0 Å². The van der Waals surface area contributed by atoms with Gasteiger partial charge < -0.3 is 24.8 Å². The summed E-state index contributed by atoms with van der Waals surface area (Å²) in [4.78, 5) is 27.8. The summed E-state index contributed by atoms with van der Waals surface area (Å²) in [7, 11) is 0. The van der Waals surface area contributed by atoms with Gasteiger partial charge in [-0.2, -0.15) is 0 Å². The molecule has 4 atom stereocenters. The lowest BCUT2D eigenvalue weighted by atomic mass is 9.74. The van der Waals surface area contributed by atoms with E-state index in [0.717, 1.165) is 167 Å². The summed E-state index contributed by atoms with van der Waals surface area (Å²) in [5.41, 5.74) is -1.18. The summed E-state index contributed by atoms with van der Waals surface area (Å²) >= 11 is 0. The highest BCUT2D eigenvalue weighted by molar-refractivity contribution is 5.75. The van der Waals surface area contributed by atoms with E-state index in [1.54, 1.807) is 0 Å². The van der Waals surface area contributed by atoms with Gasteiger partial charge in [-0.25, -0.2) is 0 Å². The van der Waals surface area contributed by atoms with Crippen molar-refractivity contribution in [3.05, 3.63) is 0 Å². The van der Waals surface area contributed by atoms with Crippen molar-refractivity contribution in [2.24, 2.45) is 10.8 Å². The SMILES string of the molecule is CCCCCCCCC(CCCCCC)(CCCCCO[C@H]1CN(CCCO)C[C@H]1OCCCCCC(CCCCCC)(CCCCCCCC)C(=O)O)C(=O)O. The molecule has 3 N–H and O–H groups in total. The predicted molar refractivity (Wildman–Crippen MR) is 238 cm³/mol. The van der Waals surface area contributed by atoms with E-state index in [-0.39, 0.29) is 18.8 Å². The number of carboxylic acids is 2. The van der Waals surface area contributed by atoms with Gasteiger partial charge >= 0.3 is 11.9 Å². The molecule has 0 spiro atoms. The molecule has 1 aliphatic heterocycles. The Hall–Kier alpha value is -1.22. The first kappa shape index (κ1) is 53.8. The zero-order valence-electron chi connectivity index (χ0n) is 38.2. The fraction of sp³-hybridized carbons (Fsp3) is 0.959. The Balaban J connectivity index is 2.64. The Kier molecular flexibility index (Phi) is 33.5. The second-order valence-corrected chi connectivity index (χ2v) is 18.1. The predicted octanol–water partition coefficient (Wildman–Crippen LogP) is 13.2. The van der Waals surface area contributed by atoms with Gasteiger partial charge in [-0.15, -0.1) is 0 Å². The topological polar surface area (TPSA) is 117 Å². The van der Waals surface area contributed by atoms with Crippen molar-refractivity contribution in [1.82, 2.24) is 4.90 Å². The maximum atomic E-state index is 12.8. The molecule has 0 aromatic carbocycles. The third-order valence-electron chi connectivity index (χ3n) is 13.1. The van der Waals surface area contributed by atoms with E-state index in [9.17, 15) is 24.9 Å². The summed E-state index contributed by atoms with van der Waals surface area (Å²) in [5.74, 6) is -1.18. The quantitative estimate of drug-likeness (QED) is 0.0521. The first-order valence-electron chi connectivity index (χ1n) is 24.8. The van der Waals surface area contributed by atoms with Crippen LogP contribution < -0.4 is 0 Å². The molecular formula is C49H95NO7. The minimum atomic E-state index is -0.589. The molecule has 8 nitrogen and oxygen atoms in total. The number of likely N-dealkylation sites (tertiary alicyclic amines) is 1. The third-order valence-corrected chi connectivity index (χ3v) is 13.1. The third kappa shape index (κ3) is 24.6. The summed E-state index contributed by atoms with van der Waals surface area (Å²) < 4.78 is 12.9. The minimum absolute atomic E-state index is 0.00631. The fourth-order valence-electron chi connectivity index (χ4n) is 9.23. The second kappa shape index (κ2) is 35.5. The van der Waals surface area contributed by atoms with Crippen LogP contribution in [0.1, 0.15) is 240 Å². The first-order chi connectivity index (χ1) is 27.7. The van der Waals surface area contributed by atoms with Crippen LogP contribution in [0.25, 0.3) is 0 Å². The Morgan fingerprint density at radius 2 is 0.737 bits per heavy atom. The number of unbranched alkanes of at least 4 members (excludes halogenated alkanes) is 20. The molecule has 1 rings (SSSR count). The molecule has 1 aliphatic rings. The van der Waals surface area contributed by atoms with Crippen molar-refractivity contribution in [3.8, 4) is 0 Å². The molecule has 8 heteroatoms. The number of carboxylic acid groups (broad SMARTS) is 2. The molecule has 1 saturated heterocycles. The number of nitrogens with zero attached hydrogens (tertiary/aromatic N) is 1. The molecule has 0 aliphatic carbocycles. The summed E-state index contributed by atoms with van der Waals surface area (Å²) in [6, 6.07) is 0. The number of aliphatic carboxylic acids is 2. The van der Waals surface area contributed by atoms with Crippen molar-refractivity contribution in [2.75, 3.05) is 39.5 Å². The van der Waals surface area contributed by atoms with E-state index in [4.69, 9.17) is 9.47 Å². The zero-order chi connectivity index (χ0) is 41.9. The van der Waals surface area contributed by atoms with Crippen LogP contribution in [0, 0.1) is 10.8 Å². The molecule has 338 valence electrons. The number of aliphatic hydroxyl groups excluding tert-OH is 1. The Labute approximate surface area is 352 Å². The normalized spacial score (nSPS) is 18.2. The lowest BCUT2D eigenvalue weighted by Crippen LogP contribution is -2.32. The number of carbonyl (C=O) groups is 2. The molecule has 0 radical (unpaired) electrons. The van der Waals surface area contributed by atoms with E-state index in [1.807, 2.05) is 0 Å². The van der Waals surface area contributed by atoms with Gasteiger partial charge in [-0.3, -0.25) is 14.5 Å². The average molecular weight is 810 g/mol. The average Bonchev–Trinajstić information content (AvgIpc) is 3.59.